The SMILES string of the molecule is NCCSCc1nccc2c1CCCC2. The minimum absolute atomic E-state index is 0.764. The summed E-state index contributed by atoms with van der Waals surface area (Å²) in [5.74, 6) is 2.06. The first kappa shape index (κ1) is 11.0. The third-order valence-electron chi connectivity index (χ3n) is 2.87. The first-order valence-electron chi connectivity index (χ1n) is 5.65. The molecule has 2 nitrogen and oxygen atoms in total. The predicted octanol–water partition coefficient (Wildman–Crippen LogP) is 2.15. The van der Waals surface area contributed by atoms with Gasteiger partial charge in [0.25, 0.3) is 0 Å². The maximum absolute atomic E-state index is 5.49. The minimum atomic E-state index is 0.764. The molecule has 0 saturated carbocycles. The van der Waals surface area contributed by atoms with Crippen molar-refractivity contribution < 1.29 is 0 Å². The van der Waals surface area contributed by atoms with Gasteiger partial charge in [-0.2, -0.15) is 11.8 Å². The summed E-state index contributed by atoms with van der Waals surface area (Å²) >= 11 is 1.89. The molecule has 0 aliphatic heterocycles. The van der Waals surface area contributed by atoms with Gasteiger partial charge in [-0.1, -0.05) is 0 Å². The predicted molar refractivity (Wildman–Crippen MR) is 66.1 cm³/mol. The molecule has 1 aromatic heterocycles. The number of fused-ring (bicyclic) bond motifs is 1. The molecule has 15 heavy (non-hydrogen) atoms. The molecule has 0 fully saturated rings. The molecule has 0 radical (unpaired) electrons. The van der Waals surface area contributed by atoms with Crippen molar-refractivity contribution in [2.24, 2.45) is 5.73 Å². The van der Waals surface area contributed by atoms with E-state index in [9.17, 15) is 0 Å². The smallest absolute Gasteiger partial charge is 0.0537 e. The Balaban J connectivity index is 2.09. The highest BCUT2D eigenvalue weighted by Crippen LogP contribution is 2.25. The number of nitrogens with two attached hydrogens (primary N) is 1. The van der Waals surface area contributed by atoms with Gasteiger partial charge in [0.05, 0.1) is 5.69 Å². The highest BCUT2D eigenvalue weighted by atomic mass is 32.2. The topological polar surface area (TPSA) is 38.9 Å². The molecule has 1 aromatic rings. The van der Waals surface area contributed by atoms with Crippen LogP contribution in [0.4, 0.5) is 0 Å². The molecule has 82 valence electrons. The minimum Gasteiger partial charge on any atom is -0.330 e. The largest absolute Gasteiger partial charge is 0.330 e. The van der Waals surface area contributed by atoms with Gasteiger partial charge in [-0.05, 0) is 42.9 Å². The lowest BCUT2D eigenvalue weighted by molar-refractivity contribution is 0.676. The lowest BCUT2D eigenvalue weighted by Crippen LogP contribution is -2.08. The third-order valence-corrected chi connectivity index (χ3v) is 3.87. The average Bonchev–Trinajstić information content (AvgIpc) is 2.30. The molecule has 2 rings (SSSR count). The molecule has 0 amide bonds. The lowest BCUT2D eigenvalue weighted by atomic mass is 9.91. The summed E-state index contributed by atoms with van der Waals surface area (Å²) in [4.78, 5) is 4.50. The Hall–Kier alpha value is -0.540. The second kappa shape index (κ2) is 5.52. The van der Waals surface area contributed by atoms with Crippen molar-refractivity contribution in [3.05, 3.63) is 29.1 Å². The fraction of sp³-hybridized carbons (Fsp3) is 0.583. The van der Waals surface area contributed by atoms with Crippen molar-refractivity contribution in [2.45, 2.75) is 31.4 Å². The first-order chi connectivity index (χ1) is 7.42. The van der Waals surface area contributed by atoms with E-state index < -0.39 is 0 Å². The van der Waals surface area contributed by atoms with Crippen LogP contribution < -0.4 is 5.73 Å². The lowest BCUT2D eigenvalue weighted by Gasteiger charge is -2.18. The summed E-state index contributed by atoms with van der Waals surface area (Å²) in [6.07, 6.45) is 7.09. The number of nitrogens with zero attached hydrogens (tertiary/aromatic N) is 1. The fourth-order valence-electron chi connectivity index (χ4n) is 2.11. The van der Waals surface area contributed by atoms with Crippen molar-refractivity contribution in [1.82, 2.24) is 4.98 Å². The van der Waals surface area contributed by atoms with Gasteiger partial charge >= 0.3 is 0 Å². The van der Waals surface area contributed by atoms with E-state index in [1.165, 1.54) is 42.5 Å². The van der Waals surface area contributed by atoms with E-state index in [0.717, 1.165) is 18.1 Å². The van der Waals surface area contributed by atoms with Crippen LogP contribution in [0.2, 0.25) is 0 Å². The van der Waals surface area contributed by atoms with Crippen molar-refractivity contribution in [2.75, 3.05) is 12.3 Å². The van der Waals surface area contributed by atoms with Crippen molar-refractivity contribution in [1.29, 1.82) is 0 Å². The summed E-state index contributed by atoms with van der Waals surface area (Å²) in [5.41, 5.74) is 9.84. The average molecular weight is 222 g/mol. The molecule has 1 heterocycles. The van der Waals surface area contributed by atoms with Gasteiger partial charge in [-0.15, -0.1) is 0 Å². The third kappa shape index (κ3) is 2.73. The monoisotopic (exact) mass is 222 g/mol. The molecule has 0 unspecified atom stereocenters. The fourth-order valence-corrected chi connectivity index (χ4v) is 2.87. The Morgan fingerprint density at radius 1 is 1.33 bits per heavy atom. The summed E-state index contributed by atoms with van der Waals surface area (Å²) in [5, 5.41) is 0. The van der Waals surface area contributed by atoms with E-state index in [1.54, 1.807) is 0 Å². The standard InChI is InChI=1S/C12H18N2S/c13-6-8-15-9-12-11-4-2-1-3-10(11)5-7-14-12/h5,7H,1-4,6,8-9,13H2. The second-order valence-electron chi connectivity index (χ2n) is 3.94. The first-order valence-corrected chi connectivity index (χ1v) is 6.80. The highest BCUT2D eigenvalue weighted by molar-refractivity contribution is 7.98. The summed E-state index contributed by atoms with van der Waals surface area (Å²) in [7, 11) is 0. The maximum Gasteiger partial charge on any atom is 0.0537 e. The number of hydrogen-bond donors (Lipinski definition) is 1. The Morgan fingerprint density at radius 2 is 2.20 bits per heavy atom. The van der Waals surface area contributed by atoms with Gasteiger partial charge in [0.1, 0.15) is 0 Å². The van der Waals surface area contributed by atoms with Crippen LogP contribution in [-0.4, -0.2) is 17.3 Å². The van der Waals surface area contributed by atoms with Crippen LogP contribution in [0.5, 0.6) is 0 Å². The van der Waals surface area contributed by atoms with E-state index >= 15 is 0 Å². The Labute approximate surface area is 95.7 Å². The van der Waals surface area contributed by atoms with Crippen molar-refractivity contribution in [3.63, 3.8) is 0 Å². The van der Waals surface area contributed by atoms with Crippen molar-refractivity contribution in [3.8, 4) is 0 Å². The molecule has 0 saturated heterocycles. The maximum atomic E-state index is 5.49. The molecule has 0 bridgehead atoms. The van der Waals surface area contributed by atoms with E-state index in [2.05, 4.69) is 11.1 Å². The molecule has 1 aliphatic carbocycles. The second-order valence-corrected chi connectivity index (χ2v) is 5.05. The number of pyridine rings is 1. The van der Waals surface area contributed by atoms with E-state index in [0.29, 0.717) is 0 Å². The van der Waals surface area contributed by atoms with Gasteiger partial charge in [0.15, 0.2) is 0 Å². The number of rotatable bonds is 4. The van der Waals surface area contributed by atoms with Crippen LogP contribution in [0, 0.1) is 0 Å². The number of aryl methyl sites for hydroxylation is 1. The number of aromatic nitrogens is 1. The molecule has 1 aliphatic rings. The molecular weight excluding hydrogens is 204 g/mol. The molecule has 0 spiro atoms. The number of hydrogen-bond acceptors (Lipinski definition) is 3. The molecule has 2 N–H and O–H groups in total. The van der Waals surface area contributed by atoms with Crippen LogP contribution in [0.25, 0.3) is 0 Å². The summed E-state index contributed by atoms with van der Waals surface area (Å²) in [6, 6.07) is 2.19. The van der Waals surface area contributed by atoms with Gasteiger partial charge in [-0.25, -0.2) is 0 Å². The van der Waals surface area contributed by atoms with Gasteiger partial charge in [0.2, 0.25) is 0 Å². The van der Waals surface area contributed by atoms with Gasteiger partial charge in [-0.3, -0.25) is 4.98 Å². The van der Waals surface area contributed by atoms with E-state index in [-0.39, 0.29) is 0 Å². The summed E-state index contributed by atoms with van der Waals surface area (Å²) < 4.78 is 0. The van der Waals surface area contributed by atoms with Crippen LogP contribution in [-0.2, 0) is 18.6 Å². The van der Waals surface area contributed by atoms with Crippen LogP contribution in [0.15, 0.2) is 12.3 Å². The van der Waals surface area contributed by atoms with E-state index in [1.807, 2.05) is 18.0 Å². The van der Waals surface area contributed by atoms with Gasteiger partial charge in [0, 0.05) is 24.2 Å². The van der Waals surface area contributed by atoms with Crippen LogP contribution in [0.1, 0.15) is 29.7 Å². The molecular formula is C12H18N2S. The quantitative estimate of drug-likeness (QED) is 0.793. The highest BCUT2D eigenvalue weighted by Gasteiger charge is 2.13. The molecule has 3 heteroatoms. The Bertz CT molecular complexity index is 325. The Kier molecular flexibility index (Phi) is 4.03. The normalized spacial score (nSPS) is 15.0. The summed E-state index contributed by atoms with van der Waals surface area (Å²) in [6.45, 7) is 0.764. The van der Waals surface area contributed by atoms with Crippen LogP contribution in [0.3, 0.4) is 0 Å². The zero-order chi connectivity index (χ0) is 10.5. The van der Waals surface area contributed by atoms with E-state index in [4.69, 9.17) is 5.73 Å². The number of thioether (sulfide) groups is 1. The molecule has 0 atom stereocenters. The van der Waals surface area contributed by atoms with Crippen LogP contribution >= 0.6 is 11.8 Å². The van der Waals surface area contributed by atoms with Crippen molar-refractivity contribution >= 4 is 11.8 Å². The zero-order valence-corrected chi connectivity index (χ0v) is 9.85. The zero-order valence-electron chi connectivity index (χ0n) is 9.04. The molecule has 0 aromatic carbocycles. The Morgan fingerprint density at radius 3 is 3.07 bits per heavy atom. The van der Waals surface area contributed by atoms with Gasteiger partial charge < -0.3 is 5.73 Å².